The van der Waals surface area contributed by atoms with Crippen LogP contribution in [0.2, 0.25) is 0 Å². The third kappa shape index (κ3) is 2.65. The number of benzene rings is 1. The Bertz CT molecular complexity index is 523. The summed E-state index contributed by atoms with van der Waals surface area (Å²) >= 11 is 0. The van der Waals surface area contributed by atoms with Crippen LogP contribution in [0.15, 0.2) is 18.2 Å². The zero-order chi connectivity index (χ0) is 14.0. The Hall–Kier alpha value is -2.57. The van der Waals surface area contributed by atoms with E-state index in [1.807, 2.05) is 0 Å². The van der Waals surface area contributed by atoms with Gasteiger partial charge in [-0.15, -0.1) is 0 Å². The first kappa shape index (κ1) is 12.9. The van der Waals surface area contributed by atoms with Crippen molar-refractivity contribution >= 4 is 23.7 Å². The molecule has 0 spiro atoms. The number of carbonyl (C=O) groups excluding carboxylic acids is 1. The normalized spacial score (nSPS) is 14.9. The summed E-state index contributed by atoms with van der Waals surface area (Å²) < 4.78 is 0. The number of hydrogen-bond donors (Lipinski definition) is 3. The van der Waals surface area contributed by atoms with Crippen LogP contribution in [0.4, 0.5) is 10.5 Å². The van der Waals surface area contributed by atoms with E-state index in [1.165, 1.54) is 17.0 Å². The predicted octanol–water partition coefficient (Wildman–Crippen LogP) is 1.00. The fourth-order valence-corrected chi connectivity index (χ4v) is 1.89. The molecule has 1 aliphatic heterocycles. The fourth-order valence-electron chi connectivity index (χ4n) is 1.89. The Morgan fingerprint density at radius 1 is 1.11 bits per heavy atom. The SMILES string of the molecule is O=C(O)c1cc(C(=O)O)cc(N2CCCNC2=O)c1. The third-order valence-corrected chi connectivity index (χ3v) is 2.80. The molecule has 0 aromatic heterocycles. The minimum Gasteiger partial charge on any atom is -0.478 e. The van der Waals surface area contributed by atoms with Crippen LogP contribution in [-0.4, -0.2) is 41.3 Å². The molecule has 100 valence electrons. The molecule has 0 bridgehead atoms. The number of rotatable bonds is 3. The standard InChI is InChI=1S/C12H12N2O5/c15-10(16)7-4-8(11(17)18)6-9(5-7)14-3-1-2-13-12(14)19/h4-6H,1-3H2,(H,13,19)(H,15,16)(H,17,18). The second-order valence-electron chi connectivity index (χ2n) is 4.12. The molecular weight excluding hydrogens is 252 g/mol. The summed E-state index contributed by atoms with van der Waals surface area (Å²) in [5.74, 6) is -2.47. The quantitative estimate of drug-likeness (QED) is 0.755. The molecule has 0 aliphatic carbocycles. The first-order chi connectivity index (χ1) is 8.99. The maximum Gasteiger partial charge on any atom is 0.335 e. The summed E-state index contributed by atoms with van der Waals surface area (Å²) in [7, 11) is 0. The van der Waals surface area contributed by atoms with Crippen molar-refractivity contribution in [2.24, 2.45) is 0 Å². The van der Waals surface area contributed by atoms with Crippen molar-refractivity contribution < 1.29 is 24.6 Å². The van der Waals surface area contributed by atoms with Crippen LogP contribution < -0.4 is 10.2 Å². The lowest BCUT2D eigenvalue weighted by molar-refractivity contribution is 0.0696. The molecule has 1 fully saturated rings. The molecule has 1 heterocycles. The average Bonchev–Trinajstić information content (AvgIpc) is 2.38. The summed E-state index contributed by atoms with van der Waals surface area (Å²) in [6.45, 7) is 0.980. The van der Waals surface area contributed by atoms with Gasteiger partial charge in [0.1, 0.15) is 0 Å². The Kier molecular flexibility index (Phi) is 3.37. The van der Waals surface area contributed by atoms with Crippen molar-refractivity contribution in [1.29, 1.82) is 0 Å². The smallest absolute Gasteiger partial charge is 0.335 e. The van der Waals surface area contributed by atoms with E-state index >= 15 is 0 Å². The van der Waals surface area contributed by atoms with E-state index < -0.39 is 11.9 Å². The number of urea groups is 1. The monoisotopic (exact) mass is 264 g/mol. The molecule has 0 saturated carbocycles. The maximum absolute atomic E-state index is 11.7. The van der Waals surface area contributed by atoms with E-state index in [-0.39, 0.29) is 22.8 Å². The summed E-state index contributed by atoms with van der Waals surface area (Å²) in [5, 5.41) is 20.6. The highest BCUT2D eigenvalue weighted by atomic mass is 16.4. The number of hydrogen-bond acceptors (Lipinski definition) is 3. The largest absolute Gasteiger partial charge is 0.478 e. The van der Waals surface area contributed by atoms with Crippen molar-refractivity contribution in [2.45, 2.75) is 6.42 Å². The van der Waals surface area contributed by atoms with Crippen LogP contribution in [0, 0.1) is 0 Å². The third-order valence-electron chi connectivity index (χ3n) is 2.80. The molecule has 1 aromatic carbocycles. The van der Waals surface area contributed by atoms with Crippen molar-refractivity contribution in [3.8, 4) is 0 Å². The fraction of sp³-hybridized carbons (Fsp3) is 0.250. The molecule has 3 N–H and O–H groups in total. The van der Waals surface area contributed by atoms with Gasteiger partial charge in [-0.1, -0.05) is 0 Å². The first-order valence-electron chi connectivity index (χ1n) is 5.66. The highest BCUT2D eigenvalue weighted by Crippen LogP contribution is 2.21. The molecule has 0 atom stereocenters. The van der Waals surface area contributed by atoms with E-state index in [9.17, 15) is 14.4 Å². The topological polar surface area (TPSA) is 107 Å². The zero-order valence-corrected chi connectivity index (χ0v) is 9.92. The lowest BCUT2D eigenvalue weighted by Gasteiger charge is -2.27. The molecule has 0 radical (unpaired) electrons. The van der Waals surface area contributed by atoms with Crippen LogP contribution in [0.1, 0.15) is 27.1 Å². The lowest BCUT2D eigenvalue weighted by atomic mass is 10.1. The number of nitrogens with zero attached hydrogens (tertiary/aromatic N) is 1. The number of carboxylic acids is 2. The van der Waals surface area contributed by atoms with Gasteiger partial charge in [-0.3, -0.25) is 4.90 Å². The highest BCUT2D eigenvalue weighted by molar-refractivity contribution is 5.99. The Balaban J connectivity index is 2.46. The molecule has 1 aromatic rings. The van der Waals surface area contributed by atoms with Gasteiger partial charge in [0.2, 0.25) is 0 Å². The van der Waals surface area contributed by atoms with Crippen molar-refractivity contribution in [3.05, 3.63) is 29.3 Å². The van der Waals surface area contributed by atoms with Gasteiger partial charge in [0.05, 0.1) is 11.1 Å². The number of carboxylic acid groups (broad SMARTS) is 2. The Morgan fingerprint density at radius 3 is 2.16 bits per heavy atom. The molecule has 19 heavy (non-hydrogen) atoms. The highest BCUT2D eigenvalue weighted by Gasteiger charge is 2.22. The number of nitrogens with one attached hydrogen (secondary N) is 1. The van der Waals surface area contributed by atoms with Gasteiger partial charge in [0.25, 0.3) is 0 Å². The van der Waals surface area contributed by atoms with Crippen LogP contribution in [0.25, 0.3) is 0 Å². The first-order valence-corrected chi connectivity index (χ1v) is 5.66. The minimum atomic E-state index is -1.23. The van der Waals surface area contributed by atoms with E-state index in [0.717, 1.165) is 6.07 Å². The van der Waals surface area contributed by atoms with Gasteiger partial charge in [-0.25, -0.2) is 14.4 Å². The van der Waals surface area contributed by atoms with E-state index in [4.69, 9.17) is 10.2 Å². The number of carbonyl (C=O) groups is 3. The lowest BCUT2D eigenvalue weighted by Crippen LogP contribution is -2.46. The average molecular weight is 264 g/mol. The van der Waals surface area contributed by atoms with Crippen LogP contribution in [0.5, 0.6) is 0 Å². The second kappa shape index (κ2) is 4.97. The van der Waals surface area contributed by atoms with Crippen molar-refractivity contribution in [3.63, 3.8) is 0 Å². The van der Waals surface area contributed by atoms with E-state index in [0.29, 0.717) is 19.5 Å². The van der Waals surface area contributed by atoms with Gasteiger partial charge in [-0.2, -0.15) is 0 Å². The van der Waals surface area contributed by atoms with Gasteiger partial charge in [0.15, 0.2) is 0 Å². The molecule has 0 unspecified atom stereocenters. The molecule has 2 rings (SSSR count). The number of aromatic carboxylic acids is 2. The maximum atomic E-state index is 11.7. The van der Waals surface area contributed by atoms with Gasteiger partial charge >= 0.3 is 18.0 Å². The second-order valence-corrected chi connectivity index (χ2v) is 4.12. The summed E-state index contributed by atoms with van der Waals surface area (Å²) in [4.78, 5) is 35.0. The minimum absolute atomic E-state index is 0.159. The van der Waals surface area contributed by atoms with Crippen LogP contribution >= 0.6 is 0 Å². The number of anilines is 1. The number of amides is 2. The van der Waals surface area contributed by atoms with Gasteiger partial charge in [0, 0.05) is 18.8 Å². The molecule has 2 amide bonds. The van der Waals surface area contributed by atoms with Gasteiger partial charge < -0.3 is 15.5 Å². The Morgan fingerprint density at radius 2 is 1.68 bits per heavy atom. The van der Waals surface area contributed by atoms with Crippen LogP contribution in [0.3, 0.4) is 0 Å². The summed E-state index contributed by atoms with van der Waals surface area (Å²) in [6, 6.07) is 3.29. The molecular formula is C12H12N2O5. The zero-order valence-electron chi connectivity index (χ0n) is 9.92. The summed E-state index contributed by atoms with van der Waals surface area (Å²) in [6.07, 6.45) is 0.714. The van der Waals surface area contributed by atoms with Gasteiger partial charge in [-0.05, 0) is 24.6 Å². The molecule has 1 aliphatic rings. The van der Waals surface area contributed by atoms with E-state index in [2.05, 4.69) is 5.32 Å². The van der Waals surface area contributed by atoms with E-state index in [1.54, 1.807) is 0 Å². The molecule has 1 saturated heterocycles. The molecule has 7 heteroatoms. The predicted molar refractivity (Wildman–Crippen MR) is 65.7 cm³/mol. The van der Waals surface area contributed by atoms with Crippen molar-refractivity contribution in [1.82, 2.24) is 5.32 Å². The Labute approximate surface area is 108 Å². The summed E-state index contributed by atoms with van der Waals surface area (Å²) in [5.41, 5.74) is -0.0453. The van der Waals surface area contributed by atoms with Crippen molar-refractivity contribution in [2.75, 3.05) is 18.0 Å². The van der Waals surface area contributed by atoms with Crippen LogP contribution in [-0.2, 0) is 0 Å². The molecule has 7 nitrogen and oxygen atoms in total.